The molecule has 0 bridgehead atoms. The molecular weight excluding hydrogens is 320 g/mol. The second-order valence-electron chi connectivity index (χ2n) is 6.95. The standard InChI is InChI=1S/C19H24N2O2S/c1-15-5-6-18(24-15)12-21-9-3-7-19(14-21)10-17(13-22-19)23-16-4-2-8-20-11-16/h2,4-6,8,11,17H,3,7,9-10,12-14H2,1H3/t17-,19+/m0/s1. The number of thiophene rings is 1. The zero-order valence-electron chi connectivity index (χ0n) is 14.1. The Balaban J connectivity index is 1.36. The first-order valence-electron chi connectivity index (χ1n) is 8.69. The van der Waals surface area contributed by atoms with E-state index in [-0.39, 0.29) is 11.7 Å². The summed E-state index contributed by atoms with van der Waals surface area (Å²) < 4.78 is 12.3. The van der Waals surface area contributed by atoms with Crippen LogP contribution in [-0.2, 0) is 11.3 Å². The van der Waals surface area contributed by atoms with Crippen molar-refractivity contribution in [2.75, 3.05) is 19.7 Å². The second-order valence-corrected chi connectivity index (χ2v) is 8.33. The molecule has 4 nitrogen and oxygen atoms in total. The van der Waals surface area contributed by atoms with Crippen LogP contribution >= 0.6 is 11.3 Å². The SMILES string of the molecule is Cc1ccc(CN2CCC[C@@]3(C[C@H](Oc4cccnc4)CO3)C2)s1. The van der Waals surface area contributed by atoms with Crippen LogP contribution < -0.4 is 4.74 Å². The van der Waals surface area contributed by atoms with Gasteiger partial charge in [-0.05, 0) is 50.6 Å². The van der Waals surface area contributed by atoms with Crippen LogP contribution in [0.25, 0.3) is 0 Å². The predicted octanol–water partition coefficient (Wildman–Crippen LogP) is 3.65. The second kappa shape index (κ2) is 6.82. The van der Waals surface area contributed by atoms with E-state index in [1.165, 1.54) is 16.2 Å². The van der Waals surface area contributed by atoms with Crippen LogP contribution in [0.1, 0.15) is 29.0 Å². The fourth-order valence-electron chi connectivity index (χ4n) is 3.89. The Bertz CT molecular complexity index is 675. The highest BCUT2D eigenvalue weighted by atomic mass is 32.1. The highest BCUT2D eigenvalue weighted by Crippen LogP contribution is 2.36. The molecule has 2 fully saturated rings. The number of rotatable bonds is 4. The van der Waals surface area contributed by atoms with Crippen molar-refractivity contribution in [1.29, 1.82) is 0 Å². The average Bonchev–Trinajstić information content (AvgIpc) is 3.15. The molecule has 2 saturated heterocycles. The molecule has 4 heterocycles. The zero-order chi connectivity index (χ0) is 16.4. The molecule has 128 valence electrons. The van der Waals surface area contributed by atoms with Crippen LogP contribution in [0, 0.1) is 6.92 Å². The Labute approximate surface area is 147 Å². The maximum Gasteiger partial charge on any atom is 0.138 e. The van der Waals surface area contributed by atoms with Gasteiger partial charge in [-0.2, -0.15) is 0 Å². The Kier molecular flexibility index (Phi) is 4.57. The summed E-state index contributed by atoms with van der Waals surface area (Å²) in [5.74, 6) is 0.838. The first-order chi connectivity index (χ1) is 11.7. The number of piperidine rings is 1. The van der Waals surface area contributed by atoms with Crippen LogP contribution in [0.4, 0.5) is 0 Å². The first kappa shape index (κ1) is 16.1. The predicted molar refractivity (Wildman–Crippen MR) is 95.5 cm³/mol. The molecule has 2 aliphatic rings. The molecule has 0 unspecified atom stereocenters. The van der Waals surface area contributed by atoms with Crippen LogP contribution in [-0.4, -0.2) is 41.3 Å². The Hall–Kier alpha value is -1.43. The number of ether oxygens (including phenoxy) is 2. The summed E-state index contributed by atoms with van der Waals surface area (Å²) in [5.41, 5.74) is -0.0303. The van der Waals surface area contributed by atoms with Crippen molar-refractivity contribution < 1.29 is 9.47 Å². The monoisotopic (exact) mass is 344 g/mol. The molecule has 4 rings (SSSR count). The minimum Gasteiger partial charge on any atom is -0.486 e. The van der Waals surface area contributed by atoms with Crippen molar-refractivity contribution >= 4 is 11.3 Å². The van der Waals surface area contributed by atoms with Gasteiger partial charge in [0.15, 0.2) is 0 Å². The smallest absolute Gasteiger partial charge is 0.138 e. The molecule has 0 aliphatic carbocycles. The lowest BCUT2D eigenvalue weighted by molar-refractivity contribution is -0.0536. The molecule has 5 heteroatoms. The van der Waals surface area contributed by atoms with Crippen LogP contribution in [0.3, 0.4) is 0 Å². The molecular formula is C19H24N2O2S. The molecule has 0 radical (unpaired) electrons. The number of nitrogens with zero attached hydrogens (tertiary/aromatic N) is 2. The topological polar surface area (TPSA) is 34.6 Å². The fraction of sp³-hybridized carbons (Fsp3) is 0.526. The summed E-state index contributed by atoms with van der Waals surface area (Å²) in [6.07, 6.45) is 6.99. The maximum absolute atomic E-state index is 6.26. The van der Waals surface area contributed by atoms with E-state index in [4.69, 9.17) is 9.47 Å². The summed E-state index contributed by atoms with van der Waals surface area (Å²) in [7, 11) is 0. The number of hydrogen-bond donors (Lipinski definition) is 0. The van der Waals surface area contributed by atoms with Crippen molar-refractivity contribution in [3.05, 3.63) is 46.4 Å². The summed E-state index contributed by atoms with van der Waals surface area (Å²) in [5, 5.41) is 0. The van der Waals surface area contributed by atoms with Gasteiger partial charge in [-0.1, -0.05) is 0 Å². The molecule has 0 aromatic carbocycles. The third-order valence-electron chi connectivity index (χ3n) is 4.91. The Morgan fingerprint density at radius 1 is 1.42 bits per heavy atom. The van der Waals surface area contributed by atoms with Gasteiger partial charge < -0.3 is 9.47 Å². The average molecular weight is 344 g/mol. The Morgan fingerprint density at radius 2 is 2.38 bits per heavy atom. The molecule has 0 amide bonds. The molecule has 0 saturated carbocycles. The van der Waals surface area contributed by atoms with Gasteiger partial charge in [-0.25, -0.2) is 0 Å². The van der Waals surface area contributed by atoms with Gasteiger partial charge in [0.1, 0.15) is 11.9 Å². The number of hydrogen-bond acceptors (Lipinski definition) is 5. The lowest BCUT2D eigenvalue weighted by atomic mass is 9.89. The zero-order valence-corrected chi connectivity index (χ0v) is 14.9. The highest BCUT2D eigenvalue weighted by molar-refractivity contribution is 7.11. The van der Waals surface area contributed by atoms with Crippen molar-refractivity contribution in [2.24, 2.45) is 0 Å². The third-order valence-corrected chi connectivity index (χ3v) is 5.89. The minimum atomic E-state index is -0.0303. The lowest BCUT2D eigenvalue weighted by Crippen LogP contribution is -2.47. The van der Waals surface area contributed by atoms with Crippen LogP contribution in [0.5, 0.6) is 5.75 Å². The number of aryl methyl sites for hydroxylation is 1. The van der Waals surface area contributed by atoms with E-state index >= 15 is 0 Å². The van der Waals surface area contributed by atoms with E-state index in [9.17, 15) is 0 Å². The molecule has 2 atom stereocenters. The fourth-order valence-corrected chi connectivity index (χ4v) is 4.82. The van der Waals surface area contributed by atoms with E-state index in [1.54, 1.807) is 12.4 Å². The van der Waals surface area contributed by atoms with Gasteiger partial charge >= 0.3 is 0 Å². The Morgan fingerprint density at radius 3 is 3.17 bits per heavy atom. The molecule has 24 heavy (non-hydrogen) atoms. The van der Waals surface area contributed by atoms with E-state index < -0.39 is 0 Å². The number of likely N-dealkylation sites (tertiary alicyclic amines) is 1. The van der Waals surface area contributed by atoms with Crippen LogP contribution in [0.15, 0.2) is 36.7 Å². The van der Waals surface area contributed by atoms with Gasteiger partial charge in [0.2, 0.25) is 0 Å². The molecule has 1 spiro atoms. The van der Waals surface area contributed by atoms with Crippen molar-refractivity contribution in [3.63, 3.8) is 0 Å². The van der Waals surface area contributed by atoms with E-state index in [0.29, 0.717) is 6.61 Å². The molecule has 0 N–H and O–H groups in total. The normalized spacial score (nSPS) is 27.6. The molecule has 2 aromatic rings. The van der Waals surface area contributed by atoms with Crippen molar-refractivity contribution in [1.82, 2.24) is 9.88 Å². The largest absolute Gasteiger partial charge is 0.486 e. The number of aromatic nitrogens is 1. The molecule has 2 aliphatic heterocycles. The van der Waals surface area contributed by atoms with Crippen molar-refractivity contribution in [3.8, 4) is 5.75 Å². The van der Waals surface area contributed by atoms with E-state index in [1.807, 2.05) is 23.5 Å². The third kappa shape index (κ3) is 3.63. The van der Waals surface area contributed by atoms with Crippen molar-refractivity contribution in [2.45, 2.75) is 44.4 Å². The minimum absolute atomic E-state index is 0.0303. The van der Waals surface area contributed by atoms with Gasteiger partial charge in [-0.3, -0.25) is 9.88 Å². The summed E-state index contributed by atoms with van der Waals surface area (Å²) in [6, 6.07) is 8.34. The molecule has 2 aromatic heterocycles. The summed E-state index contributed by atoms with van der Waals surface area (Å²) in [6.45, 7) is 6.07. The van der Waals surface area contributed by atoms with E-state index in [2.05, 4.69) is 28.9 Å². The van der Waals surface area contributed by atoms with Gasteiger partial charge in [0, 0.05) is 35.5 Å². The van der Waals surface area contributed by atoms with E-state index in [0.717, 1.165) is 38.2 Å². The first-order valence-corrected chi connectivity index (χ1v) is 9.51. The number of pyridine rings is 1. The van der Waals surface area contributed by atoms with Gasteiger partial charge in [0.05, 0.1) is 18.4 Å². The quantitative estimate of drug-likeness (QED) is 0.848. The summed E-state index contributed by atoms with van der Waals surface area (Å²) >= 11 is 1.90. The maximum atomic E-state index is 6.26. The van der Waals surface area contributed by atoms with Gasteiger partial charge in [0.25, 0.3) is 0 Å². The van der Waals surface area contributed by atoms with Crippen LogP contribution in [0.2, 0.25) is 0 Å². The highest BCUT2D eigenvalue weighted by Gasteiger charge is 2.44. The van der Waals surface area contributed by atoms with Gasteiger partial charge in [-0.15, -0.1) is 11.3 Å². The lowest BCUT2D eigenvalue weighted by Gasteiger charge is -2.39. The summed E-state index contributed by atoms with van der Waals surface area (Å²) in [4.78, 5) is 9.50.